The summed E-state index contributed by atoms with van der Waals surface area (Å²) in [6.07, 6.45) is 6.96. The number of hydrogen-bond donors (Lipinski definition) is 1. The molecule has 1 aliphatic rings. The zero-order valence-corrected chi connectivity index (χ0v) is 13.6. The van der Waals surface area contributed by atoms with Gasteiger partial charge >= 0.3 is 0 Å². The van der Waals surface area contributed by atoms with E-state index < -0.39 is 0 Å². The molecule has 1 aromatic carbocycles. The van der Waals surface area contributed by atoms with Crippen LogP contribution in [-0.2, 0) is 0 Å². The Hall–Kier alpha value is -0.530. The van der Waals surface area contributed by atoms with Gasteiger partial charge in [-0.1, -0.05) is 56.8 Å². The van der Waals surface area contributed by atoms with Crippen LogP contribution in [0.25, 0.3) is 0 Å². The van der Waals surface area contributed by atoms with Crippen molar-refractivity contribution in [2.45, 2.75) is 51.9 Å². The van der Waals surface area contributed by atoms with Crippen LogP contribution in [0.1, 0.15) is 57.4 Å². The lowest BCUT2D eigenvalue weighted by Crippen LogP contribution is -2.30. The highest BCUT2D eigenvalue weighted by Gasteiger charge is 2.24. The molecule has 1 unspecified atom stereocenters. The van der Waals surface area contributed by atoms with Gasteiger partial charge in [-0.2, -0.15) is 0 Å². The number of halogens is 1. The van der Waals surface area contributed by atoms with Gasteiger partial charge in [-0.05, 0) is 54.8 Å². The molecule has 1 atom stereocenters. The van der Waals surface area contributed by atoms with Crippen LogP contribution in [0.3, 0.4) is 0 Å². The SMILES string of the molecule is CC(C)CNCC(c1cccc(Cl)c1)C1CCCCC1. The molecule has 112 valence electrons. The molecule has 1 saturated carbocycles. The summed E-state index contributed by atoms with van der Waals surface area (Å²) in [5, 5.41) is 4.52. The zero-order valence-electron chi connectivity index (χ0n) is 12.9. The van der Waals surface area contributed by atoms with Gasteiger partial charge in [0, 0.05) is 11.6 Å². The third-order valence-electron chi connectivity index (χ3n) is 4.41. The monoisotopic (exact) mass is 293 g/mol. The molecule has 0 radical (unpaired) electrons. The average molecular weight is 294 g/mol. The molecule has 1 nitrogen and oxygen atoms in total. The fraction of sp³-hybridized carbons (Fsp3) is 0.667. The summed E-state index contributed by atoms with van der Waals surface area (Å²) in [7, 11) is 0. The van der Waals surface area contributed by atoms with Crippen molar-refractivity contribution >= 4 is 11.6 Å². The molecular formula is C18H28ClN. The number of benzene rings is 1. The first-order valence-corrected chi connectivity index (χ1v) is 8.51. The second-order valence-electron chi connectivity index (χ2n) is 6.61. The molecule has 0 aliphatic heterocycles. The topological polar surface area (TPSA) is 12.0 Å². The van der Waals surface area contributed by atoms with Crippen molar-refractivity contribution in [3.05, 3.63) is 34.9 Å². The summed E-state index contributed by atoms with van der Waals surface area (Å²) >= 11 is 6.19. The highest BCUT2D eigenvalue weighted by Crippen LogP contribution is 2.36. The molecule has 1 fully saturated rings. The van der Waals surface area contributed by atoms with Crippen LogP contribution < -0.4 is 5.32 Å². The molecule has 0 heterocycles. The van der Waals surface area contributed by atoms with Crippen LogP contribution in [0, 0.1) is 11.8 Å². The van der Waals surface area contributed by atoms with Crippen molar-refractivity contribution in [2.75, 3.05) is 13.1 Å². The van der Waals surface area contributed by atoms with E-state index in [-0.39, 0.29) is 0 Å². The molecule has 0 bridgehead atoms. The van der Waals surface area contributed by atoms with Crippen LogP contribution in [-0.4, -0.2) is 13.1 Å². The van der Waals surface area contributed by atoms with Crippen molar-refractivity contribution in [2.24, 2.45) is 11.8 Å². The van der Waals surface area contributed by atoms with Gasteiger partial charge in [-0.25, -0.2) is 0 Å². The van der Waals surface area contributed by atoms with Crippen molar-refractivity contribution in [3.63, 3.8) is 0 Å². The first-order valence-electron chi connectivity index (χ1n) is 8.13. The van der Waals surface area contributed by atoms with E-state index in [9.17, 15) is 0 Å². The maximum absolute atomic E-state index is 6.19. The normalized spacial score (nSPS) is 18.4. The van der Waals surface area contributed by atoms with Crippen molar-refractivity contribution < 1.29 is 0 Å². The quantitative estimate of drug-likeness (QED) is 0.755. The highest BCUT2D eigenvalue weighted by molar-refractivity contribution is 6.30. The molecule has 1 aliphatic carbocycles. The van der Waals surface area contributed by atoms with Crippen LogP contribution in [0.15, 0.2) is 24.3 Å². The standard InChI is InChI=1S/C18H28ClN/c1-14(2)12-20-13-18(15-7-4-3-5-8-15)16-9-6-10-17(19)11-16/h6,9-11,14-15,18,20H,3-5,7-8,12-13H2,1-2H3. The minimum Gasteiger partial charge on any atom is -0.316 e. The Morgan fingerprint density at radius 1 is 1.15 bits per heavy atom. The first kappa shape index (κ1) is 15.9. The second kappa shape index (κ2) is 8.05. The largest absolute Gasteiger partial charge is 0.316 e. The number of hydrogen-bond acceptors (Lipinski definition) is 1. The molecule has 0 saturated heterocycles. The molecule has 1 aromatic rings. The minimum atomic E-state index is 0.618. The highest BCUT2D eigenvalue weighted by atomic mass is 35.5. The molecule has 0 amide bonds. The van der Waals surface area contributed by atoms with E-state index >= 15 is 0 Å². The summed E-state index contributed by atoms with van der Waals surface area (Å²) in [6, 6.07) is 8.49. The van der Waals surface area contributed by atoms with E-state index in [2.05, 4.69) is 37.4 Å². The first-order chi connectivity index (χ1) is 9.66. The van der Waals surface area contributed by atoms with Gasteiger partial charge in [0.1, 0.15) is 0 Å². The van der Waals surface area contributed by atoms with Crippen molar-refractivity contribution in [1.29, 1.82) is 0 Å². The molecule has 1 N–H and O–H groups in total. The number of nitrogens with one attached hydrogen (secondary N) is 1. The van der Waals surface area contributed by atoms with E-state index in [0.717, 1.165) is 24.0 Å². The summed E-state index contributed by atoms with van der Waals surface area (Å²) in [5.74, 6) is 2.15. The average Bonchev–Trinajstić information content (AvgIpc) is 2.44. The molecular weight excluding hydrogens is 266 g/mol. The van der Waals surface area contributed by atoms with E-state index in [0.29, 0.717) is 11.8 Å². The smallest absolute Gasteiger partial charge is 0.0408 e. The predicted molar refractivity (Wildman–Crippen MR) is 88.5 cm³/mol. The maximum Gasteiger partial charge on any atom is 0.0408 e. The third kappa shape index (κ3) is 4.79. The van der Waals surface area contributed by atoms with E-state index in [1.165, 1.54) is 37.7 Å². The fourth-order valence-electron chi connectivity index (χ4n) is 3.36. The molecule has 0 spiro atoms. The molecule has 2 rings (SSSR count). The lowest BCUT2D eigenvalue weighted by Gasteiger charge is -2.31. The fourth-order valence-corrected chi connectivity index (χ4v) is 3.56. The lowest BCUT2D eigenvalue weighted by atomic mass is 9.76. The predicted octanol–water partition coefficient (Wildman–Crippen LogP) is 5.25. The van der Waals surface area contributed by atoms with Gasteiger partial charge < -0.3 is 5.32 Å². The van der Waals surface area contributed by atoms with Crippen LogP contribution in [0.5, 0.6) is 0 Å². The second-order valence-corrected chi connectivity index (χ2v) is 7.05. The van der Waals surface area contributed by atoms with Gasteiger partial charge in [0.25, 0.3) is 0 Å². The Kier molecular flexibility index (Phi) is 6.38. The van der Waals surface area contributed by atoms with E-state index in [1.807, 2.05) is 6.07 Å². The van der Waals surface area contributed by atoms with Crippen molar-refractivity contribution in [3.8, 4) is 0 Å². The molecule has 2 heteroatoms. The summed E-state index contributed by atoms with van der Waals surface area (Å²) in [5.41, 5.74) is 1.42. The molecule has 20 heavy (non-hydrogen) atoms. The van der Waals surface area contributed by atoms with Gasteiger partial charge in [0.2, 0.25) is 0 Å². The Bertz CT molecular complexity index is 396. The van der Waals surface area contributed by atoms with E-state index in [4.69, 9.17) is 11.6 Å². The Balaban J connectivity index is 2.06. The molecule has 0 aromatic heterocycles. The Morgan fingerprint density at radius 3 is 2.55 bits per heavy atom. The third-order valence-corrected chi connectivity index (χ3v) is 4.65. The van der Waals surface area contributed by atoms with Gasteiger partial charge in [-0.15, -0.1) is 0 Å². The van der Waals surface area contributed by atoms with Crippen LogP contribution >= 0.6 is 11.6 Å². The maximum atomic E-state index is 6.19. The summed E-state index contributed by atoms with van der Waals surface area (Å²) in [4.78, 5) is 0. The summed E-state index contributed by atoms with van der Waals surface area (Å²) in [6.45, 7) is 6.72. The Labute approximate surface area is 129 Å². The van der Waals surface area contributed by atoms with E-state index in [1.54, 1.807) is 0 Å². The lowest BCUT2D eigenvalue weighted by molar-refractivity contribution is 0.295. The van der Waals surface area contributed by atoms with Gasteiger partial charge in [0.05, 0.1) is 0 Å². The van der Waals surface area contributed by atoms with Gasteiger partial charge in [0.15, 0.2) is 0 Å². The van der Waals surface area contributed by atoms with Crippen LogP contribution in [0.2, 0.25) is 5.02 Å². The minimum absolute atomic E-state index is 0.618. The number of rotatable bonds is 6. The summed E-state index contributed by atoms with van der Waals surface area (Å²) < 4.78 is 0. The Morgan fingerprint density at radius 2 is 1.90 bits per heavy atom. The van der Waals surface area contributed by atoms with Crippen molar-refractivity contribution in [1.82, 2.24) is 5.32 Å². The van der Waals surface area contributed by atoms with Gasteiger partial charge in [-0.3, -0.25) is 0 Å². The van der Waals surface area contributed by atoms with Crippen LogP contribution in [0.4, 0.5) is 0 Å². The zero-order chi connectivity index (χ0) is 14.4.